The van der Waals surface area contributed by atoms with E-state index in [2.05, 4.69) is 37.2 Å². The van der Waals surface area contributed by atoms with Crippen LogP contribution in [-0.4, -0.2) is 6.54 Å². The average molecular weight is 411 g/mol. The maximum Gasteiger partial charge on any atom is 0.163 e. The lowest BCUT2D eigenvalue weighted by atomic mass is 10.0. The van der Waals surface area contributed by atoms with E-state index in [4.69, 9.17) is 0 Å². The van der Waals surface area contributed by atoms with E-state index in [0.29, 0.717) is 12.1 Å². The Morgan fingerprint density at radius 2 is 2.05 bits per heavy atom. The first-order valence-electron chi connectivity index (χ1n) is 5.66. The Hall–Kier alpha value is -0.300. The molecule has 1 nitrogen and oxygen atoms in total. The van der Waals surface area contributed by atoms with Crippen LogP contribution < -0.4 is 5.32 Å². The summed E-state index contributed by atoms with van der Waals surface area (Å²) < 4.78 is 29.1. The molecule has 6 heteroatoms. The first-order valence-corrected chi connectivity index (χ1v) is 8.06. The molecule has 0 saturated heterocycles. The van der Waals surface area contributed by atoms with Gasteiger partial charge in [-0.05, 0) is 50.5 Å². The first-order chi connectivity index (χ1) is 9.04. The summed E-state index contributed by atoms with van der Waals surface area (Å²) in [5.41, 5.74) is 0.322. The van der Waals surface area contributed by atoms with E-state index in [1.165, 1.54) is 17.4 Å². The quantitative estimate of drug-likeness (QED) is 0.725. The third-order valence-electron chi connectivity index (χ3n) is 2.65. The van der Waals surface area contributed by atoms with Crippen LogP contribution in [0.2, 0.25) is 0 Å². The van der Waals surface area contributed by atoms with Crippen molar-refractivity contribution in [3.63, 3.8) is 0 Å². The van der Waals surface area contributed by atoms with Gasteiger partial charge in [0.25, 0.3) is 0 Å². The summed E-state index contributed by atoms with van der Waals surface area (Å²) in [4.78, 5) is 0.921. The minimum atomic E-state index is -0.824. The van der Waals surface area contributed by atoms with Crippen molar-refractivity contribution in [3.8, 4) is 0 Å². The van der Waals surface area contributed by atoms with Gasteiger partial charge >= 0.3 is 0 Å². The van der Waals surface area contributed by atoms with Gasteiger partial charge in [0, 0.05) is 14.9 Å². The van der Waals surface area contributed by atoms with Crippen LogP contribution in [0.1, 0.15) is 23.4 Å². The van der Waals surface area contributed by atoms with Gasteiger partial charge in [-0.25, -0.2) is 8.78 Å². The van der Waals surface area contributed by atoms with Gasteiger partial charge in [-0.2, -0.15) is 0 Å². The zero-order valence-electron chi connectivity index (χ0n) is 10.0. The topological polar surface area (TPSA) is 12.0 Å². The van der Waals surface area contributed by atoms with E-state index >= 15 is 0 Å². The van der Waals surface area contributed by atoms with Gasteiger partial charge in [-0.1, -0.05) is 19.1 Å². The molecule has 0 amide bonds. The zero-order chi connectivity index (χ0) is 14.0. The highest BCUT2D eigenvalue weighted by molar-refractivity contribution is 9.13. The minimum absolute atomic E-state index is 0.322. The molecule has 102 valence electrons. The summed E-state index contributed by atoms with van der Waals surface area (Å²) in [6.07, 6.45) is 0. The van der Waals surface area contributed by atoms with Crippen molar-refractivity contribution in [2.24, 2.45) is 0 Å². The lowest BCUT2D eigenvalue weighted by Crippen LogP contribution is -2.22. The molecule has 0 spiro atoms. The molecule has 0 aliphatic heterocycles. The molecule has 1 unspecified atom stereocenters. The molecule has 1 aromatic carbocycles. The van der Waals surface area contributed by atoms with Gasteiger partial charge in [-0.3, -0.25) is 0 Å². The Kier molecular flexibility index (Phi) is 5.11. The molecule has 0 aliphatic carbocycles. The number of halogens is 4. The summed E-state index contributed by atoms with van der Waals surface area (Å²) in [5, 5.41) is 3.19. The Labute approximate surface area is 131 Å². The number of hydrogen-bond acceptors (Lipinski definition) is 2. The van der Waals surface area contributed by atoms with Crippen LogP contribution in [0.5, 0.6) is 0 Å². The molecule has 1 aromatic heterocycles. The molecular formula is C13H11Br2F2NS. The van der Waals surface area contributed by atoms with Gasteiger partial charge in [0.1, 0.15) is 0 Å². The average Bonchev–Trinajstić information content (AvgIpc) is 2.70. The van der Waals surface area contributed by atoms with Gasteiger partial charge in [0.15, 0.2) is 11.6 Å². The Balaban J connectivity index is 2.48. The fourth-order valence-electron chi connectivity index (χ4n) is 1.82. The number of rotatable bonds is 4. The highest BCUT2D eigenvalue weighted by atomic mass is 79.9. The number of nitrogens with one attached hydrogen (secondary N) is 1. The predicted molar refractivity (Wildman–Crippen MR) is 81.6 cm³/mol. The van der Waals surface area contributed by atoms with E-state index < -0.39 is 11.6 Å². The van der Waals surface area contributed by atoms with Crippen molar-refractivity contribution in [1.29, 1.82) is 0 Å². The van der Waals surface area contributed by atoms with Crippen molar-refractivity contribution in [1.82, 2.24) is 5.32 Å². The van der Waals surface area contributed by atoms with Crippen molar-refractivity contribution in [3.05, 3.63) is 54.6 Å². The monoisotopic (exact) mass is 409 g/mol. The van der Waals surface area contributed by atoms with Gasteiger partial charge < -0.3 is 5.32 Å². The molecule has 1 N–H and O–H groups in total. The Bertz CT molecular complexity index is 567. The van der Waals surface area contributed by atoms with Crippen molar-refractivity contribution < 1.29 is 8.78 Å². The highest BCUT2D eigenvalue weighted by Gasteiger charge is 2.21. The van der Waals surface area contributed by atoms with Crippen LogP contribution in [-0.2, 0) is 0 Å². The zero-order valence-corrected chi connectivity index (χ0v) is 14.0. The molecule has 2 aromatic rings. The van der Waals surface area contributed by atoms with Crippen molar-refractivity contribution in [2.45, 2.75) is 13.0 Å². The summed E-state index contributed by atoms with van der Waals surface area (Å²) in [7, 11) is 0. The van der Waals surface area contributed by atoms with Crippen LogP contribution >= 0.6 is 43.2 Å². The smallest absolute Gasteiger partial charge is 0.163 e. The van der Waals surface area contributed by atoms with Crippen molar-refractivity contribution in [2.75, 3.05) is 6.54 Å². The standard InChI is InChI=1S/C13H11Br2F2NS/c1-2-18-12(10-6-8(14)13(15)19-10)7-4-3-5-9(16)11(7)17/h3-6,12,18H,2H2,1H3. The highest BCUT2D eigenvalue weighted by Crippen LogP contribution is 2.38. The lowest BCUT2D eigenvalue weighted by molar-refractivity contribution is 0.484. The second kappa shape index (κ2) is 6.43. The fraction of sp³-hybridized carbons (Fsp3) is 0.231. The first kappa shape index (κ1) is 15.1. The molecule has 19 heavy (non-hydrogen) atoms. The van der Waals surface area contributed by atoms with Gasteiger partial charge in [0.2, 0.25) is 0 Å². The minimum Gasteiger partial charge on any atom is -0.306 e. The maximum absolute atomic E-state index is 13.9. The van der Waals surface area contributed by atoms with E-state index in [1.807, 2.05) is 13.0 Å². The van der Waals surface area contributed by atoms with E-state index in [9.17, 15) is 8.78 Å². The second-order valence-electron chi connectivity index (χ2n) is 3.90. The molecule has 0 saturated carbocycles. The molecule has 0 aliphatic rings. The van der Waals surface area contributed by atoms with Gasteiger partial charge in [0.05, 0.1) is 9.83 Å². The molecule has 2 rings (SSSR count). The Morgan fingerprint density at radius 3 is 2.63 bits per heavy atom. The van der Waals surface area contributed by atoms with Crippen LogP contribution in [0.4, 0.5) is 8.78 Å². The Morgan fingerprint density at radius 1 is 1.32 bits per heavy atom. The molecule has 0 bridgehead atoms. The van der Waals surface area contributed by atoms with Crippen LogP contribution in [0, 0.1) is 11.6 Å². The summed E-state index contributed by atoms with van der Waals surface area (Å²) >= 11 is 8.32. The van der Waals surface area contributed by atoms with Crippen LogP contribution in [0.25, 0.3) is 0 Å². The van der Waals surface area contributed by atoms with E-state index in [1.54, 1.807) is 6.07 Å². The summed E-state index contributed by atoms with van der Waals surface area (Å²) in [6.45, 7) is 2.59. The molecule has 1 atom stereocenters. The van der Waals surface area contributed by atoms with Crippen LogP contribution in [0.15, 0.2) is 32.5 Å². The van der Waals surface area contributed by atoms with Gasteiger partial charge in [-0.15, -0.1) is 11.3 Å². The second-order valence-corrected chi connectivity index (χ2v) is 7.16. The molecule has 0 radical (unpaired) electrons. The van der Waals surface area contributed by atoms with Crippen LogP contribution in [0.3, 0.4) is 0 Å². The molecule has 1 heterocycles. The summed E-state index contributed by atoms with van der Waals surface area (Å²) in [6, 6.07) is 5.81. The number of benzene rings is 1. The lowest BCUT2D eigenvalue weighted by Gasteiger charge is -2.17. The largest absolute Gasteiger partial charge is 0.306 e. The number of hydrogen-bond donors (Lipinski definition) is 1. The van der Waals surface area contributed by atoms with E-state index in [-0.39, 0.29) is 6.04 Å². The third kappa shape index (κ3) is 3.24. The third-order valence-corrected chi connectivity index (χ3v) is 5.97. The molecule has 0 fully saturated rings. The SMILES string of the molecule is CCNC(c1cc(Br)c(Br)s1)c1cccc(F)c1F. The van der Waals surface area contributed by atoms with Crippen molar-refractivity contribution >= 4 is 43.2 Å². The summed E-state index contributed by atoms with van der Waals surface area (Å²) in [5.74, 6) is -1.62. The molecular weight excluding hydrogens is 400 g/mol. The maximum atomic E-state index is 13.9. The fourth-order valence-corrected chi connectivity index (χ4v) is 4.00. The predicted octanol–water partition coefficient (Wildman–Crippen LogP) is 5.25. The van der Waals surface area contributed by atoms with E-state index in [0.717, 1.165) is 19.2 Å². The number of thiophene rings is 1. The normalized spacial score (nSPS) is 12.7.